The van der Waals surface area contributed by atoms with Gasteiger partial charge in [-0.1, -0.05) is 17.7 Å². The molecule has 1 aliphatic heterocycles. The topological polar surface area (TPSA) is 72.1 Å². The monoisotopic (exact) mass is 480 g/mol. The van der Waals surface area contributed by atoms with E-state index in [9.17, 15) is 18.0 Å². The number of carbonyl (C=O) groups excluding carboxylic acids is 1. The number of likely N-dealkylation sites (tertiary alicyclic amines) is 1. The Hall–Kier alpha value is -3.75. The summed E-state index contributed by atoms with van der Waals surface area (Å²) < 4.78 is 45.1. The van der Waals surface area contributed by atoms with Gasteiger partial charge in [0.05, 0.1) is 17.0 Å². The van der Waals surface area contributed by atoms with Crippen molar-refractivity contribution in [3.05, 3.63) is 77.4 Å². The van der Waals surface area contributed by atoms with Gasteiger partial charge in [-0.25, -0.2) is 15.0 Å². The molecule has 1 saturated heterocycles. The minimum atomic E-state index is -4.45. The molecule has 35 heavy (non-hydrogen) atoms. The highest BCUT2D eigenvalue weighted by atomic mass is 19.4. The van der Waals surface area contributed by atoms with Gasteiger partial charge in [0.15, 0.2) is 17.3 Å². The first-order chi connectivity index (χ1) is 16.7. The Kier molecular flexibility index (Phi) is 5.78. The fourth-order valence-electron chi connectivity index (χ4n) is 4.51. The van der Waals surface area contributed by atoms with Crippen LogP contribution in [0.2, 0.25) is 0 Å². The van der Waals surface area contributed by atoms with E-state index in [1.807, 2.05) is 32.0 Å². The van der Waals surface area contributed by atoms with Gasteiger partial charge in [-0.15, -0.1) is 0 Å². The van der Waals surface area contributed by atoms with Crippen LogP contribution in [-0.2, 0) is 6.18 Å². The van der Waals surface area contributed by atoms with Crippen LogP contribution in [0.4, 0.5) is 13.2 Å². The summed E-state index contributed by atoms with van der Waals surface area (Å²) in [7, 11) is 0. The Morgan fingerprint density at radius 2 is 1.86 bits per heavy atom. The molecule has 0 saturated carbocycles. The Bertz CT molecular complexity index is 1380. The van der Waals surface area contributed by atoms with Gasteiger partial charge in [0.1, 0.15) is 5.52 Å². The van der Waals surface area contributed by atoms with Crippen molar-refractivity contribution < 1.29 is 22.4 Å². The predicted molar refractivity (Wildman–Crippen MR) is 124 cm³/mol. The number of alkyl halides is 3. The lowest BCUT2D eigenvalue weighted by molar-refractivity contribution is -0.137. The van der Waals surface area contributed by atoms with Crippen molar-refractivity contribution in [2.75, 3.05) is 6.54 Å². The van der Waals surface area contributed by atoms with E-state index in [1.165, 1.54) is 6.07 Å². The average Bonchev–Trinajstić information content (AvgIpc) is 3.27. The average molecular weight is 480 g/mol. The zero-order valence-electron chi connectivity index (χ0n) is 19.2. The van der Waals surface area contributed by atoms with Crippen LogP contribution in [0, 0.1) is 6.92 Å². The van der Waals surface area contributed by atoms with Crippen LogP contribution in [0.1, 0.15) is 53.1 Å². The second-order valence-electron chi connectivity index (χ2n) is 8.93. The van der Waals surface area contributed by atoms with Crippen molar-refractivity contribution in [3.63, 3.8) is 0 Å². The number of nitrogens with zero attached hydrogens (tertiary/aromatic N) is 4. The van der Waals surface area contributed by atoms with Crippen LogP contribution < -0.4 is 0 Å². The number of aromatic nitrogens is 3. The maximum Gasteiger partial charge on any atom is 0.416 e. The molecular weight excluding hydrogens is 457 g/mol. The van der Waals surface area contributed by atoms with E-state index in [2.05, 4.69) is 15.0 Å². The summed E-state index contributed by atoms with van der Waals surface area (Å²) in [6.45, 7) is 4.26. The second-order valence-corrected chi connectivity index (χ2v) is 8.93. The number of amides is 1. The van der Waals surface area contributed by atoms with Crippen LogP contribution in [0.15, 0.2) is 59.3 Å². The summed E-state index contributed by atoms with van der Waals surface area (Å²) in [4.78, 5) is 28.5. The lowest BCUT2D eigenvalue weighted by atomic mass is 9.92. The molecule has 9 heteroatoms. The zero-order chi connectivity index (χ0) is 24.7. The Labute approximate surface area is 199 Å². The third-order valence-corrected chi connectivity index (χ3v) is 6.44. The van der Waals surface area contributed by atoms with E-state index in [0.29, 0.717) is 47.8 Å². The van der Waals surface area contributed by atoms with Crippen molar-refractivity contribution in [2.45, 2.75) is 44.8 Å². The number of fused-ring (bicyclic) bond motifs is 1. The molecule has 1 aliphatic rings. The molecule has 0 N–H and O–H groups in total. The highest BCUT2D eigenvalue weighted by Gasteiger charge is 2.35. The molecule has 3 heterocycles. The predicted octanol–water partition coefficient (Wildman–Crippen LogP) is 6.02. The van der Waals surface area contributed by atoms with E-state index in [1.54, 1.807) is 23.4 Å². The summed E-state index contributed by atoms with van der Waals surface area (Å²) in [6.07, 6.45) is 0.240. The molecule has 0 unspecified atom stereocenters. The SMILES string of the molecule is Cc1ccc(-c2ncccn2)c(C(=O)N2C[C@H](c3nc4cc(C(F)(F)F)ccc4o3)CC[C@H]2C)c1. The first kappa shape index (κ1) is 23.0. The number of piperidine rings is 1. The van der Waals surface area contributed by atoms with E-state index < -0.39 is 11.7 Å². The van der Waals surface area contributed by atoms with E-state index in [0.717, 1.165) is 17.7 Å². The van der Waals surface area contributed by atoms with Crippen molar-refractivity contribution in [2.24, 2.45) is 0 Å². The summed E-state index contributed by atoms with van der Waals surface area (Å²) >= 11 is 0. The minimum absolute atomic E-state index is 0.0231. The zero-order valence-corrected chi connectivity index (χ0v) is 19.2. The maximum absolute atomic E-state index is 13.8. The summed E-state index contributed by atoms with van der Waals surface area (Å²) in [5, 5.41) is 0. The molecule has 1 fully saturated rings. The quantitative estimate of drug-likeness (QED) is 0.359. The minimum Gasteiger partial charge on any atom is -0.440 e. The van der Waals surface area contributed by atoms with Crippen LogP contribution in [0.25, 0.3) is 22.5 Å². The van der Waals surface area contributed by atoms with Gasteiger partial charge in [-0.3, -0.25) is 4.79 Å². The molecule has 5 rings (SSSR count). The molecule has 2 aromatic carbocycles. The first-order valence-electron chi connectivity index (χ1n) is 11.4. The number of aryl methyl sites for hydroxylation is 1. The van der Waals surface area contributed by atoms with Gasteiger partial charge in [-0.05, 0) is 57.0 Å². The van der Waals surface area contributed by atoms with E-state index in [4.69, 9.17) is 4.42 Å². The normalized spacial score (nSPS) is 18.7. The van der Waals surface area contributed by atoms with Crippen LogP contribution in [0.5, 0.6) is 0 Å². The summed E-state index contributed by atoms with van der Waals surface area (Å²) in [6, 6.07) is 10.6. The molecule has 4 aromatic rings. The highest BCUT2D eigenvalue weighted by Crippen LogP contribution is 2.36. The number of oxazole rings is 1. The third-order valence-electron chi connectivity index (χ3n) is 6.44. The van der Waals surface area contributed by atoms with Gasteiger partial charge in [0.25, 0.3) is 5.91 Å². The lowest BCUT2D eigenvalue weighted by Gasteiger charge is -2.37. The molecule has 2 aromatic heterocycles. The number of benzene rings is 2. The largest absolute Gasteiger partial charge is 0.440 e. The van der Waals surface area contributed by atoms with E-state index in [-0.39, 0.29) is 23.4 Å². The molecule has 0 spiro atoms. The van der Waals surface area contributed by atoms with Crippen LogP contribution in [-0.4, -0.2) is 38.3 Å². The standard InChI is InChI=1S/C26H23F3N4O2/c1-15-4-8-19(23-30-10-3-11-31-23)20(12-15)25(34)33-14-17(6-5-16(33)2)24-32-21-13-18(26(27,28)29)7-9-22(21)35-24/h3-4,7-13,16-17H,5-6,14H2,1-2H3/t16-,17-/m1/s1. The summed E-state index contributed by atoms with van der Waals surface area (Å²) in [5.74, 6) is 0.443. The molecule has 0 aliphatic carbocycles. The summed E-state index contributed by atoms with van der Waals surface area (Å²) in [5.41, 5.74) is 1.79. The van der Waals surface area contributed by atoms with Gasteiger partial charge < -0.3 is 9.32 Å². The van der Waals surface area contributed by atoms with Gasteiger partial charge in [0, 0.05) is 30.5 Å². The number of halogens is 3. The Balaban J connectivity index is 1.45. The van der Waals surface area contributed by atoms with Crippen molar-refractivity contribution in [1.82, 2.24) is 19.9 Å². The smallest absolute Gasteiger partial charge is 0.416 e. The first-order valence-corrected chi connectivity index (χ1v) is 11.4. The number of hydrogen-bond acceptors (Lipinski definition) is 5. The van der Waals surface area contributed by atoms with Gasteiger partial charge in [-0.2, -0.15) is 13.2 Å². The molecule has 2 atom stereocenters. The van der Waals surface area contributed by atoms with Crippen molar-refractivity contribution in [3.8, 4) is 11.4 Å². The molecule has 1 amide bonds. The Morgan fingerprint density at radius 1 is 1.09 bits per heavy atom. The number of rotatable bonds is 3. The van der Waals surface area contributed by atoms with Gasteiger partial charge in [0.2, 0.25) is 0 Å². The third kappa shape index (κ3) is 4.50. The van der Waals surface area contributed by atoms with Crippen LogP contribution >= 0.6 is 0 Å². The van der Waals surface area contributed by atoms with Crippen molar-refractivity contribution >= 4 is 17.0 Å². The number of hydrogen-bond donors (Lipinski definition) is 0. The molecule has 0 bridgehead atoms. The Morgan fingerprint density at radius 3 is 2.60 bits per heavy atom. The second kappa shape index (κ2) is 8.79. The number of carbonyl (C=O) groups is 1. The fourth-order valence-corrected chi connectivity index (χ4v) is 4.51. The van der Waals surface area contributed by atoms with Crippen molar-refractivity contribution in [1.29, 1.82) is 0 Å². The maximum atomic E-state index is 13.8. The molecule has 6 nitrogen and oxygen atoms in total. The lowest BCUT2D eigenvalue weighted by Crippen LogP contribution is -2.45. The molecule has 0 radical (unpaired) electrons. The van der Waals surface area contributed by atoms with E-state index >= 15 is 0 Å². The highest BCUT2D eigenvalue weighted by molar-refractivity contribution is 6.00. The molecular formula is C26H23F3N4O2. The van der Waals surface area contributed by atoms with Gasteiger partial charge >= 0.3 is 6.18 Å². The fraction of sp³-hybridized carbons (Fsp3) is 0.308. The van der Waals surface area contributed by atoms with Crippen LogP contribution in [0.3, 0.4) is 0 Å². The molecule has 180 valence electrons.